The Morgan fingerprint density at radius 2 is 2.14 bits per heavy atom. The van der Waals surface area contributed by atoms with Crippen molar-refractivity contribution in [2.75, 3.05) is 6.54 Å². The second-order valence-electron chi connectivity index (χ2n) is 5.81. The number of halogens is 1. The van der Waals surface area contributed by atoms with Gasteiger partial charge in [0, 0.05) is 17.5 Å². The predicted molar refractivity (Wildman–Crippen MR) is 76.7 cm³/mol. The van der Waals surface area contributed by atoms with E-state index in [2.05, 4.69) is 5.32 Å². The number of carbonyl (C=O) groups is 1. The number of nitrogens with one attached hydrogen (secondary N) is 1. The number of rotatable bonds is 3. The molecular weight excluding hydrogens is 273 g/mol. The molecule has 1 aliphatic rings. The molecule has 1 heterocycles. The molecule has 0 unspecified atom stereocenters. The van der Waals surface area contributed by atoms with Gasteiger partial charge in [0.15, 0.2) is 5.76 Å². The molecule has 4 nitrogen and oxygen atoms in total. The van der Waals surface area contributed by atoms with E-state index in [4.69, 9.17) is 4.42 Å². The van der Waals surface area contributed by atoms with Gasteiger partial charge in [0.1, 0.15) is 11.4 Å². The zero-order valence-electron chi connectivity index (χ0n) is 11.9. The summed E-state index contributed by atoms with van der Waals surface area (Å²) in [5.41, 5.74) is 0.292. The highest BCUT2D eigenvalue weighted by atomic mass is 19.1. The Kier molecular flexibility index (Phi) is 3.45. The molecule has 1 aromatic carbocycles. The first-order valence-corrected chi connectivity index (χ1v) is 7.18. The summed E-state index contributed by atoms with van der Waals surface area (Å²) >= 11 is 0. The van der Waals surface area contributed by atoms with Crippen LogP contribution in [0.5, 0.6) is 0 Å². The summed E-state index contributed by atoms with van der Waals surface area (Å²) in [6, 6.07) is 4.17. The van der Waals surface area contributed by atoms with Gasteiger partial charge in [0.25, 0.3) is 5.91 Å². The molecule has 5 heteroatoms. The van der Waals surface area contributed by atoms with E-state index in [9.17, 15) is 14.3 Å². The van der Waals surface area contributed by atoms with Crippen LogP contribution in [0.25, 0.3) is 11.0 Å². The van der Waals surface area contributed by atoms with Gasteiger partial charge >= 0.3 is 0 Å². The Morgan fingerprint density at radius 1 is 1.43 bits per heavy atom. The smallest absolute Gasteiger partial charge is 0.287 e. The fourth-order valence-electron chi connectivity index (χ4n) is 2.94. The minimum Gasteiger partial charge on any atom is -0.451 e. The first-order valence-electron chi connectivity index (χ1n) is 7.18. The molecule has 21 heavy (non-hydrogen) atoms. The van der Waals surface area contributed by atoms with Crippen molar-refractivity contribution in [1.29, 1.82) is 0 Å². The van der Waals surface area contributed by atoms with Crippen molar-refractivity contribution < 1.29 is 18.7 Å². The molecule has 0 radical (unpaired) electrons. The van der Waals surface area contributed by atoms with E-state index >= 15 is 0 Å². The molecule has 112 valence electrons. The number of aryl methyl sites for hydroxylation is 1. The highest BCUT2D eigenvalue weighted by Crippen LogP contribution is 2.29. The van der Waals surface area contributed by atoms with Crippen molar-refractivity contribution in [3.05, 3.63) is 35.3 Å². The van der Waals surface area contributed by atoms with E-state index in [-0.39, 0.29) is 24.0 Å². The highest BCUT2D eigenvalue weighted by Gasteiger charge is 2.32. The van der Waals surface area contributed by atoms with Crippen LogP contribution in [-0.2, 0) is 0 Å². The molecule has 0 aliphatic heterocycles. The second-order valence-corrected chi connectivity index (χ2v) is 5.81. The summed E-state index contributed by atoms with van der Waals surface area (Å²) in [5, 5.41) is 13.6. The monoisotopic (exact) mass is 291 g/mol. The topological polar surface area (TPSA) is 62.5 Å². The summed E-state index contributed by atoms with van der Waals surface area (Å²) in [7, 11) is 0. The molecule has 1 aromatic heterocycles. The first-order chi connectivity index (χ1) is 9.98. The molecule has 1 fully saturated rings. The molecule has 1 saturated carbocycles. The lowest BCUT2D eigenvalue weighted by molar-refractivity contribution is 0.0444. The average molecular weight is 291 g/mol. The van der Waals surface area contributed by atoms with Gasteiger partial charge in [-0.05, 0) is 38.0 Å². The number of aliphatic hydroxyl groups is 1. The minimum absolute atomic E-state index is 0.178. The number of amides is 1. The van der Waals surface area contributed by atoms with Crippen LogP contribution >= 0.6 is 0 Å². The highest BCUT2D eigenvalue weighted by molar-refractivity contribution is 5.98. The van der Waals surface area contributed by atoms with E-state index in [0.29, 0.717) is 29.4 Å². The first kappa shape index (κ1) is 14.1. The molecule has 0 atom stereocenters. The summed E-state index contributed by atoms with van der Waals surface area (Å²) in [5.74, 6) is -0.555. The summed E-state index contributed by atoms with van der Waals surface area (Å²) in [6.45, 7) is 1.95. The van der Waals surface area contributed by atoms with E-state index in [0.717, 1.165) is 12.8 Å². The molecule has 2 aromatic rings. The lowest BCUT2D eigenvalue weighted by atomic mass is 10.0. The third-order valence-electron chi connectivity index (χ3n) is 4.22. The van der Waals surface area contributed by atoms with E-state index in [1.807, 2.05) is 0 Å². The van der Waals surface area contributed by atoms with Gasteiger partial charge in [-0.15, -0.1) is 0 Å². The lowest BCUT2D eigenvalue weighted by Crippen LogP contribution is -2.40. The van der Waals surface area contributed by atoms with Crippen molar-refractivity contribution in [1.82, 2.24) is 5.32 Å². The number of carbonyl (C=O) groups excluding carboxylic acids is 1. The zero-order valence-corrected chi connectivity index (χ0v) is 11.9. The largest absolute Gasteiger partial charge is 0.451 e. The SMILES string of the molecule is Cc1c(C(=O)NCC2(O)CCCC2)oc2ccc(F)cc12. The third-order valence-corrected chi connectivity index (χ3v) is 4.22. The van der Waals surface area contributed by atoms with Crippen LogP contribution in [0.4, 0.5) is 4.39 Å². The van der Waals surface area contributed by atoms with Crippen molar-refractivity contribution in [2.45, 2.75) is 38.2 Å². The Balaban J connectivity index is 1.80. The van der Waals surface area contributed by atoms with Gasteiger partial charge in [-0.1, -0.05) is 12.8 Å². The maximum atomic E-state index is 13.3. The number of benzene rings is 1. The van der Waals surface area contributed by atoms with Gasteiger partial charge in [-0.3, -0.25) is 4.79 Å². The van der Waals surface area contributed by atoms with Crippen LogP contribution in [0, 0.1) is 12.7 Å². The summed E-state index contributed by atoms with van der Waals surface area (Å²) in [4.78, 5) is 12.2. The standard InChI is InChI=1S/C16H18FNO3/c1-10-12-8-11(17)4-5-13(12)21-14(10)15(19)18-9-16(20)6-2-3-7-16/h4-5,8,20H,2-3,6-7,9H2,1H3,(H,18,19). The van der Waals surface area contributed by atoms with Gasteiger partial charge < -0.3 is 14.8 Å². The fraction of sp³-hybridized carbons (Fsp3) is 0.438. The van der Waals surface area contributed by atoms with Crippen LogP contribution in [0.1, 0.15) is 41.8 Å². The molecule has 3 rings (SSSR count). The Bertz CT molecular complexity index is 686. The maximum absolute atomic E-state index is 13.3. The van der Waals surface area contributed by atoms with Crippen molar-refractivity contribution in [2.24, 2.45) is 0 Å². The third kappa shape index (κ3) is 2.65. The quantitative estimate of drug-likeness (QED) is 0.914. The molecule has 0 saturated heterocycles. The molecular formula is C16H18FNO3. The number of fused-ring (bicyclic) bond motifs is 1. The van der Waals surface area contributed by atoms with Gasteiger partial charge in [-0.25, -0.2) is 4.39 Å². The number of furan rings is 1. The van der Waals surface area contributed by atoms with Crippen LogP contribution in [-0.4, -0.2) is 23.2 Å². The molecule has 2 N–H and O–H groups in total. The van der Waals surface area contributed by atoms with E-state index in [1.165, 1.54) is 18.2 Å². The Morgan fingerprint density at radius 3 is 2.86 bits per heavy atom. The Labute approximate surface area is 121 Å². The summed E-state index contributed by atoms with van der Waals surface area (Å²) in [6.07, 6.45) is 3.37. The van der Waals surface area contributed by atoms with E-state index in [1.54, 1.807) is 6.92 Å². The van der Waals surface area contributed by atoms with Gasteiger partial charge in [0.05, 0.1) is 5.60 Å². The molecule has 0 spiro atoms. The summed E-state index contributed by atoms with van der Waals surface area (Å²) < 4.78 is 18.8. The number of hydrogen-bond donors (Lipinski definition) is 2. The van der Waals surface area contributed by atoms with Gasteiger partial charge in [-0.2, -0.15) is 0 Å². The second kappa shape index (κ2) is 5.15. The van der Waals surface area contributed by atoms with E-state index < -0.39 is 5.60 Å². The molecule has 1 aliphatic carbocycles. The zero-order chi connectivity index (χ0) is 15.0. The van der Waals surface area contributed by atoms with Gasteiger partial charge in [0.2, 0.25) is 0 Å². The number of hydrogen-bond acceptors (Lipinski definition) is 3. The normalized spacial score (nSPS) is 17.3. The van der Waals surface area contributed by atoms with Crippen molar-refractivity contribution >= 4 is 16.9 Å². The minimum atomic E-state index is -0.804. The average Bonchev–Trinajstić information content (AvgIpc) is 3.02. The van der Waals surface area contributed by atoms with Crippen LogP contribution in [0.2, 0.25) is 0 Å². The molecule has 0 bridgehead atoms. The fourth-order valence-corrected chi connectivity index (χ4v) is 2.94. The van der Waals surface area contributed by atoms with Crippen molar-refractivity contribution in [3.8, 4) is 0 Å². The predicted octanol–water partition coefficient (Wildman–Crippen LogP) is 2.92. The maximum Gasteiger partial charge on any atom is 0.287 e. The van der Waals surface area contributed by atoms with Crippen LogP contribution in [0.15, 0.2) is 22.6 Å². The lowest BCUT2D eigenvalue weighted by Gasteiger charge is -2.21. The van der Waals surface area contributed by atoms with Crippen LogP contribution in [0.3, 0.4) is 0 Å². The Hall–Kier alpha value is -1.88. The molecule has 1 amide bonds. The van der Waals surface area contributed by atoms with Crippen LogP contribution < -0.4 is 5.32 Å². The van der Waals surface area contributed by atoms with Crippen molar-refractivity contribution in [3.63, 3.8) is 0 Å².